The maximum Gasteiger partial charge on any atom is 0.253 e. The molecule has 106 valence electrons. The first-order valence-electron chi connectivity index (χ1n) is 5.59. The average Bonchev–Trinajstić information content (AvgIpc) is 2.45. The highest BCUT2D eigenvalue weighted by Gasteiger charge is 2.20. The van der Waals surface area contributed by atoms with Crippen LogP contribution >= 0.6 is 0 Å². The van der Waals surface area contributed by atoms with Gasteiger partial charge < -0.3 is 10.1 Å². The van der Waals surface area contributed by atoms with Crippen LogP contribution in [0.3, 0.4) is 0 Å². The second kappa shape index (κ2) is 5.77. The molecule has 0 spiro atoms. The van der Waals surface area contributed by atoms with E-state index in [9.17, 15) is 17.6 Å². The van der Waals surface area contributed by atoms with Crippen LogP contribution in [0.2, 0.25) is 0 Å². The van der Waals surface area contributed by atoms with E-state index in [1.54, 1.807) is 24.3 Å². The van der Waals surface area contributed by atoms with E-state index >= 15 is 0 Å². The van der Waals surface area contributed by atoms with Gasteiger partial charge in [0.15, 0.2) is 0 Å². The quantitative estimate of drug-likeness (QED) is 0.692. The Morgan fingerprint density at radius 2 is 1.75 bits per heavy atom. The summed E-state index contributed by atoms with van der Waals surface area (Å²) in [4.78, 5) is 2.47. The molecule has 7 heteroatoms. The van der Waals surface area contributed by atoms with Crippen molar-refractivity contribution < 1.29 is 22.3 Å². The number of anilines is 1. The zero-order valence-electron chi connectivity index (χ0n) is 10.4. The molecule has 0 aliphatic carbocycles. The Balaban J connectivity index is 2.22. The standard InChI is InChI=1S/C13H10F4N2O/c1-20-8-4-2-3-7(5-8)6-18-11-9(14)12(16)19-13(17)10(11)15/h2-5H,6H2,1H3,(H,18,19). The molecule has 0 fully saturated rings. The Kier molecular flexibility index (Phi) is 4.07. The van der Waals surface area contributed by atoms with Crippen molar-refractivity contribution in [2.24, 2.45) is 0 Å². The summed E-state index contributed by atoms with van der Waals surface area (Å²) < 4.78 is 57.5. The molecule has 0 radical (unpaired) electrons. The van der Waals surface area contributed by atoms with Crippen molar-refractivity contribution in [3.05, 3.63) is 53.4 Å². The van der Waals surface area contributed by atoms with Gasteiger partial charge in [-0.05, 0) is 17.7 Å². The maximum absolute atomic E-state index is 13.4. The highest BCUT2D eigenvalue weighted by atomic mass is 19.2. The minimum atomic E-state index is -1.70. The minimum absolute atomic E-state index is 0.0338. The summed E-state index contributed by atoms with van der Waals surface area (Å²) in [7, 11) is 1.47. The lowest BCUT2D eigenvalue weighted by molar-refractivity contribution is 0.410. The fourth-order valence-electron chi connectivity index (χ4n) is 1.62. The second-order valence-corrected chi connectivity index (χ2v) is 3.90. The van der Waals surface area contributed by atoms with Gasteiger partial charge in [0, 0.05) is 6.54 Å². The van der Waals surface area contributed by atoms with Crippen LogP contribution in [0.25, 0.3) is 0 Å². The molecule has 2 rings (SSSR count). The first kappa shape index (κ1) is 14.1. The molecule has 0 bridgehead atoms. The van der Waals surface area contributed by atoms with Gasteiger partial charge in [0.25, 0.3) is 11.9 Å². The van der Waals surface area contributed by atoms with Gasteiger partial charge in [-0.25, -0.2) is 0 Å². The zero-order chi connectivity index (χ0) is 14.7. The van der Waals surface area contributed by atoms with E-state index in [0.717, 1.165) is 0 Å². The van der Waals surface area contributed by atoms with E-state index in [0.29, 0.717) is 11.3 Å². The molecule has 2 aromatic rings. The third-order valence-corrected chi connectivity index (χ3v) is 2.60. The van der Waals surface area contributed by atoms with Crippen LogP contribution in [0.4, 0.5) is 23.2 Å². The van der Waals surface area contributed by atoms with Gasteiger partial charge in [0.2, 0.25) is 11.6 Å². The summed E-state index contributed by atoms with van der Waals surface area (Å²) in [6.45, 7) is -0.0338. The van der Waals surface area contributed by atoms with E-state index in [1.807, 2.05) is 0 Å². The van der Waals surface area contributed by atoms with Crippen molar-refractivity contribution in [2.45, 2.75) is 6.54 Å². The van der Waals surface area contributed by atoms with Crippen LogP contribution in [0.15, 0.2) is 24.3 Å². The maximum atomic E-state index is 13.4. The lowest BCUT2D eigenvalue weighted by Gasteiger charge is -2.10. The molecular formula is C13H10F4N2O. The Bertz CT molecular complexity index is 608. The lowest BCUT2D eigenvalue weighted by Crippen LogP contribution is -2.09. The van der Waals surface area contributed by atoms with Gasteiger partial charge >= 0.3 is 0 Å². The number of rotatable bonds is 4. The summed E-state index contributed by atoms with van der Waals surface area (Å²) in [5.41, 5.74) is -0.265. The molecule has 3 nitrogen and oxygen atoms in total. The number of methoxy groups -OCH3 is 1. The van der Waals surface area contributed by atoms with Gasteiger partial charge in [-0.15, -0.1) is 0 Å². The van der Waals surface area contributed by atoms with E-state index < -0.39 is 29.2 Å². The lowest BCUT2D eigenvalue weighted by atomic mass is 10.2. The molecule has 0 aliphatic heterocycles. The van der Waals surface area contributed by atoms with Crippen molar-refractivity contribution >= 4 is 5.69 Å². The zero-order valence-corrected chi connectivity index (χ0v) is 10.4. The summed E-state index contributed by atoms with van der Waals surface area (Å²) in [6.07, 6.45) is 0. The Hall–Kier alpha value is -2.31. The van der Waals surface area contributed by atoms with E-state index in [4.69, 9.17) is 4.74 Å². The molecule has 1 aromatic carbocycles. The van der Waals surface area contributed by atoms with Gasteiger partial charge in [-0.3, -0.25) is 0 Å². The number of hydrogen-bond acceptors (Lipinski definition) is 3. The SMILES string of the molecule is COc1cccc(CNc2c(F)c(F)nc(F)c2F)c1. The van der Waals surface area contributed by atoms with Crippen LogP contribution in [0, 0.1) is 23.5 Å². The van der Waals surface area contributed by atoms with Crippen molar-refractivity contribution in [3.8, 4) is 5.75 Å². The largest absolute Gasteiger partial charge is 0.497 e. The number of aromatic nitrogens is 1. The number of pyridine rings is 1. The van der Waals surface area contributed by atoms with Gasteiger partial charge in [-0.2, -0.15) is 22.5 Å². The molecule has 0 amide bonds. The summed E-state index contributed by atoms with van der Waals surface area (Å²) >= 11 is 0. The van der Waals surface area contributed by atoms with Crippen molar-refractivity contribution in [3.63, 3.8) is 0 Å². The predicted molar refractivity (Wildman–Crippen MR) is 64.4 cm³/mol. The third-order valence-electron chi connectivity index (χ3n) is 2.60. The normalized spacial score (nSPS) is 10.4. The number of benzene rings is 1. The molecule has 0 unspecified atom stereocenters. The predicted octanol–water partition coefficient (Wildman–Crippen LogP) is 3.26. The highest BCUT2D eigenvalue weighted by molar-refractivity contribution is 5.46. The minimum Gasteiger partial charge on any atom is -0.497 e. The topological polar surface area (TPSA) is 34.1 Å². The Labute approximate surface area is 112 Å². The molecule has 0 saturated heterocycles. The summed E-state index contributed by atoms with van der Waals surface area (Å²) in [6, 6.07) is 6.66. The third kappa shape index (κ3) is 2.81. The number of nitrogens with one attached hydrogen (secondary N) is 1. The fraction of sp³-hybridized carbons (Fsp3) is 0.154. The van der Waals surface area contributed by atoms with Crippen LogP contribution in [0.5, 0.6) is 5.75 Å². The number of nitrogens with zero attached hydrogens (tertiary/aromatic N) is 1. The van der Waals surface area contributed by atoms with Crippen molar-refractivity contribution in [1.29, 1.82) is 0 Å². The smallest absolute Gasteiger partial charge is 0.253 e. The van der Waals surface area contributed by atoms with Gasteiger partial charge in [0.1, 0.15) is 11.4 Å². The highest BCUT2D eigenvalue weighted by Crippen LogP contribution is 2.23. The molecule has 0 aliphatic rings. The molecule has 1 heterocycles. The number of ether oxygens (including phenoxy) is 1. The van der Waals surface area contributed by atoms with Crippen molar-refractivity contribution in [2.75, 3.05) is 12.4 Å². The average molecular weight is 286 g/mol. The molecule has 0 atom stereocenters. The fourth-order valence-corrected chi connectivity index (χ4v) is 1.62. The van der Waals surface area contributed by atoms with Crippen molar-refractivity contribution in [1.82, 2.24) is 4.98 Å². The second-order valence-electron chi connectivity index (χ2n) is 3.90. The van der Waals surface area contributed by atoms with Gasteiger partial charge in [-0.1, -0.05) is 12.1 Å². The molecule has 1 aromatic heterocycles. The Morgan fingerprint density at radius 3 is 2.35 bits per heavy atom. The van der Waals surface area contributed by atoms with E-state index in [1.165, 1.54) is 7.11 Å². The summed E-state index contributed by atoms with van der Waals surface area (Å²) in [5.74, 6) is -5.97. The monoisotopic (exact) mass is 286 g/mol. The first-order valence-corrected chi connectivity index (χ1v) is 5.59. The summed E-state index contributed by atoms with van der Waals surface area (Å²) in [5, 5.41) is 2.30. The molecule has 20 heavy (non-hydrogen) atoms. The van der Waals surface area contributed by atoms with Gasteiger partial charge in [0.05, 0.1) is 7.11 Å². The Morgan fingerprint density at radius 1 is 1.10 bits per heavy atom. The van der Waals surface area contributed by atoms with Crippen LogP contribution in [-0.2, 0) is 6.54 Å². The first-order chi connectivity index (χ1) is 9.52. The molecule has 1 N–H and O–H groups in total. The number of halogens is 4. The number of hydrogen-bond donors (Lipinski definition) is 1. The van der Waals surface area contributed by atoms with E-state index in [2.05, 4.69) is 10.3 Å². The van der Waals surface area contributed by atoms with Crippen LogP contribution < -0.4 is 10.1 Å². The van der Waals surface area contributed by atoms with E-state index in [-0.39, 0.29) is 6.54 Å². The molecule has 0 saturated carbocycles. The van der Waals surface area contributed by atoms with Crippen LogP contribution in [0.1, 0.15) is 5.56 Å². The van der Waals surface area contributed by atoms with Crippen LogP contribution in [-0.4, -0.2) is 12.1 Å². The molecular weight excluding hydrogens is 276 g/mol.